The van der Waals surface area contributed by atoms with Gasteiger partial charge in [0.25, 0.3) is 0 Å². The molecular formula is C15H16ClN5O3. The number of hydrogen-bond acceptors (Lipinski definition) is 6. The minimum Gasteiger partial charge on any atom is -0.480 e. The Hall–Kier alpha value is -2.45. The van der Waals surface area contributed by atoms with Crippen molar-refractivity contribution < 1.29 is 9.90 Å². The summed E-state index contributed by atoms with van der Waals surface area (Å²) >= 11 is 5.84. The largest absolute Gasteiger partial charge is 0.480 e. The molecule has 2 heterocycles. The number of piperazine rings is 1. The second-order valence-corrected chi connectivity index (χ2v) is 5.88. The summed E-state index contributed by atoms with van der Waals surface area (Å²) in [6.07, 6.45) is 1.39. The fraction of sp³-hybridized carbons (Fsp3) is 0.333. The van der Waals surface area contributed by atoms with E-state index in [0.29, 0.717) is 24.7 Å². The first-order valence-electron chi connectivity index (χ1n) is 7.42. The van der Waals surface area contributed by atoms with Gasteiger partial charge in [-0.3, -0.25) is 4.57 Å². The Balaban J connectivity index is 1.82. The van der Waals surface area contributed by atoms with Gasteiger partial charge in [-0.2, -0.15) is 4.98 Å². The number of aromatic nitrogens is 3. The predicted molar refractivity (Wildman–Crippen MR) is 88.5 cm³/mol. The lowest BCUT2D eigenvalue weighted by molar-refractivity contribution is -0.138. The number of carbonyl (C=O) groups is 1. The van der Waals surface area contributed by atoms with Crippen molar-refractivity contribution in [3.63, 3.8) is 0 Å². The molecule has 0 bridgehead atoms. The first kappa shape index (κ1) is 16.4. The fourth-order valence-corrected chi connectivity index (χ4v) is 2.67. The molecule has 9 heteroatoms. The molecule has 1 aromatic heterocycles. The van der Waals surface area contributed by atoms with E-state index in [1.54, 1.807) is 12.1 Å². The lowest BCUT2D eigenvalue weighted by Gasteiger charge is -2.33. The van der Waals surface area contributed by atoms with Gasteiger partial charge in [-0.25, -0.2) is 14.6 Å². The Morgan fingerprint density at radius 3 is 2.79 bits per heavy atom. The molecule has 1 unspecified atom stereocenters. The van der Waals surface area contributed by atoms with Crippen molar-refractivity contribution in [1.82, 2.24) is 19.9 Å². The molecule has 2 aromatic rings. The van der Waals surface area contributed by atoms with Gasteiger partial charge in [-0.1, -0.05) is 23.7 Å². The van der Waals surface area contributed by atoms with Crippen LogP contribution in [0.3, 0.4) is 0 Å². The van der Waals surface area contributed by atoms with Crippen LogP contribution >= 0.6 is 11.6 Å². The summed E-state index contributed by atoms with van der Waals surface area (Å²) in [4.78, 5) is 33.2. The van der Waals surface area contributed by atoms with Gasteiger partial charge >= 0.3 is 11.7 Å². The van der Waals surface area contributed by atoms with Crippen molar-refractivity contribution in [2.45, 2.75) is 12.6 Å². The third kappa shape index (κ3) is 3.55. The maximum absolute atomic E-state index is 12.2. The average Bonchev–Trinajstić information content (AvgIpc) is 2.58. The molecule has 0 amide bonds. The van der Waals surface area contributed by atoms with Gasteiger partial charge in [0, 0.05) is 24.7 Å². The molecule has 1 aliphatic heterocycles. The summed E-state index contributed by atoms with van der Waals surface area (Å²) < 4.78 is 1.37. The van der Waals surface area contributed by atoms with Crippen LogP contribution in [0.25, 0.3) is 0 Å². The number of benzene rings is 1. The summed E-state index contributed by atoms with van der Waals surface area (Å²) in [7, 11) is 0. The van der Waals surface area contributed by atoms with Crippen molar-refractivity contribution in [2.24, 2.45) is 0 Å². The minimum absolute atomic E-state index is 0.140. The van der Waals surface area contributed by atoms with E-state index >= 15 is 0 Å². The van der Waals surface area contributed by atoms with Gasteiger partial charge < -0.3 is 15.3 Å². The van der Waals surface area contributed by atoms with Crippen LogP contribution < -0.4 is 15.9 Å². The highest BCUT2D eigenvalue weighted by Crippen LogP contribution is 2.12. The Morgan fingerprint density at radius 2 is 2.12 bits per heavy atom. The summed E-state index contributed by atoms with van der Waals surface area (Å²) in [5.41, 5.74) is 0.418. The molecule has 1 fully saturated rings. The number of carboxylic acid groups (broad SMARTS) is 1. The van der Waals surface area contributed by atoms with Crippen molar-refractivity contribution >= 4 is 23.5 Å². The zero-order valence-corrected chi connectivity index (χ0v) is 13.5. The maximum atomic E-state index is 12.2. The molecule has 24 heavy (non-hydrogen) atoms. The number of anilines is 1. The molecule has 0 aliphatic carbocycles. The molecule has 0 radical (unpaired) electrons. The van der Waals surface area contributed by atoms with Crippen LogP contribution in [0, 0.1) is 0 Å². The van der Waals surface area contributed by atoms with Crippen LogP contribution in [-0.2, 0) is 11.3 Å². The second kappa shape index (κ2) is 6.98. The SMILES string of the molecule is O=C(O)C1CNCCN1c1ncn(Cc2ccc(Cl)cc2)c(=O)n1. The lowest BCUT2D eigenvalue weighted by atomic mass is 10.2. The first-order valence-corrected chi connectivity index (χ1v) is 7.80. The number of aliphatic carboxylic acids is 1. The number of hydrogen-bond donors (Lipinski definition) is 2. The molecule has 1 saturated heterocycles. The summed E-state index contributed by atoms with van der Waals surface area (Å²) in [5.74, 6) is -0.836. The van der Waals surface area contributed by atoms with Gasteiger partial charge in [-0.15, -0.1) is 0 Å². The van der Waals surface area contributed by atoms with Crippen molar-refractivity contribution in [1.29, 1.82) is 0 Å². The zero-order chi connectivity index (χ0) is 17.1. The highest BCUT2D eigenvalue weighted by atomic mass is 35.5. The standard InChI is InChI=1S/C15H16ClN5O3/c16-11-3-1-10(2-4-11)8-20-9-18-14(19-15(20)24)21-6-5-17-7-12(21)13(22)23/h1-4,9,12,17H,5-8H2,(H,22,23). The van der Waals surface area contributed by atoms with E-state index in [-0.39, 0.29) is 12.5 Å². The highest BCUT2D eigenvalue weighted by molar-refractivity contribution is 6.30. The topological polar surface area (TPSA) is 100 Å². The number of nitrogens with zero attached hydrogens (tertiary/aromatic N) is 4. The molecule has 1 atom stereocenters. The Bertz CT molecular complexity index is 792. The van der Waals surface area contributed by atoms with E-state index in [9.17, 15) is 14.7 Å². The molecular weight excluding hydrogens is 334 g/mol. The van der Waals surface area contributed by atoms with Gasteiger partial charge in [-0.05, 0) is 17.7 Å². The zero-order valence-electron chi connectivity index (χ0n) is 12.7. The maximum Gasteiger partial charge on any atom is 0.352 e. The molecule has 8 nitrogen and oxygen atoms in total. The van der Waals surface area contributed by atoms with Crippen molar-refractivity contribution in [3.05, 3.63) is 51.7 Å². The number of rotatable bonds is 4. The summed E-state index contributed by atoms with van der Waals surface area (Å²) in [5, 5.41) is 12.9. The highest BCUT2D eigenvalue weighted by Gasteiger charge is 2.30. The molecule has 1 aromatic carbocycles. The van der Waals surface area contributed by atoms with Crippen LogP contribution in [0.4, 0.5) is 5.95 Å². The van der Waals surface area contributed by atoms with E-state index in [1.165, 1.54) is 15.8 Å². The Kier molecular flexibility index (Phi) is 4.77. The summed E-state index contributed by atoms with van der Waals surface area (Å²) in [6.45, 7) is 1.64. The van der Waals surface area contributed by atoms with Gasteiger partial charge in [0.1, 0.15) is 12.4 Å². The van der Waals surface area contributed by atoms with E-state index < -0.39 is 17.7 Å². The summed E-state index contributed by atoms with van der Waals surface area (Å²) in [6, 6.07) is 6.34. The van der Waals surface area contributed by atoms with E-state index in [4.69, 9.17) is 11.6 Å². The number of halogens is 1. The molecule has 2 N–H and O–H groups in total. The van der Waals surface area contributed by atoms with Crippen LogP contribution in [0.15, 0.2) is 35.4 Å². The van der Waals surface area contributed by atoms with E-state index in [1.807, 2.05) is 12.1 Å². The van der Waals surface area contributed by atoms with Gasteiger partial charge in [0.05, 0.1) is 6.54 Å². The molecule has 126 valence electrons. The van der Waals surface area contributed by atoms with Gasteiger partial charge in [0.2, 0.25) is 5.95 Å². The third-order valence-corrected chi connectivity index (χ3v) is 4.06. The van der Waals surface area contributed by atoms with Crippen LogP contribution in [0.1, 0.15) is 5.56 Å². The van der Waals surface area contributed by atoms with E-state index in [0.717, 1.165) is 5.56 Å². The van der Waals surface area contributed by atoms with Crippen LogP contribution in [0.5, 0.6) is 0 Å². The molecule has 3 rings (SSSR count). The van der Waals surface area contributed by atoms with Crippen LogP contribution in [0.2, 0.25) is 5.02 Å². The Morgan fingerprint density at radius 1 is 1.38 bits per heavy atom. The first-order chi connectivity index (χ1) is 11.5. The second-order valence-electron chi connectivity index (χ2n) is 5.44. The quantitative estimate of drug-likeness (QED) is 0.813. The van der Waals surface area contributed by atoms with E-state index in [2.05, 4.69) is 15.3 Å². The molecule has 0 saturated carbocycles. The van der Waals surface area contributed by atoms with Crippen molar-refractivity contribution in [2.75, 3.05) is 24.5 Å². The minimum atomic E-state index is -0.976. The van der Waals surface area contributed by atoms with Gasteiger partial charge in [0.15, 0.2) is 0 Å². The normalized spacial score (nSPS) is 17.7. The fourth-order valence-electron chi connectivity index (χ4n) is 2.55. The predicted octanol–water partition coefficient (Wildman–Crippen LogP) is 0.203. The average molecular weight is 350 g/mol. The Labute approximate surface area is 142 Å². The molecule has 1 aliphatic rings. The van der Waals surface area contributed by atoms with Crippen LogP contribution in [-0.4, -0.2) is 51.3 Å². The smallest absolute Gasteiger partial charge is 0.352 e. The van der Waals surface area contributed by atoms with Crippen molar-refractivity contribution in [3.8, 4) is 0 Å². The number of nitrogens with one attached hydrogen (secondary N) is 1. The molecule has 0 spiro atoms. The third-order valence-electron chi connectivity index (χ3n) is 3.81. The number of carboxylic acids is 1. The lowest BCUT2D eigenvalue weighted by Crippen LogP contribution is -2.56. The monoisotopic (exact) mass is 349 g/mol.